The second-order valence-corrected chi connectivity index (χ2v) is 8.73. The lowest BCUT2D eigenvalue weighted by molar-refractivity contribution is -0.207. The van der Waals surface area contributed by atoms with Gasteiger partial charge in [0.05, 0.1) is 6.54 Å². The Labute approximate surface area is 222 Å². The van der Waals surface area contributed by atoms with E-state index in [1.807, 2.05) is 0 Å². The zero-order valence-electron chi connectivity index (χ0n) is 20.3. The molecule has 3 aromatic heterocycles. The minimum atomic E-state index is -4.99. The molecule has 0 aliphatic rings. The van der Waals surface area contributed by atoms with Crippen LogP contribution in [0.5, 0.6) is 0 Å². The van der Waals surface area contributed by atoms with Gasteiger partial charge in [0.1, 0.15) is 6.54 Å². The van der Waals surface area contributed by atoms with E-state index < -0.39 is 49.0 Å². The number of hydrogen-bond donors (Lipinski definition) is 1. The van der Waals surface area contributed by atoms with Gasteiger partial charge < -0.3 is 9.84 Å². The number of carbonyl (C=O) groups excluding carboxylic acids is 1. The van der Waals surface area contributed by atoms with Crippen LogP contribution in [0.3, 0.4) is 0 Å². The van der Waals surface area contributed by atoms with E-state index in [1.54, 1.807) is 0 Å². The van der Waals surface area contributed by atoms with Crippen molar-refractivity contribution in [2.75, 3.05) is 0 Å². The second-order valence-electron chi connectivity index (χ2n) is 8.30. The summed E-state index contributed by atoms with van der Waals surface area (Å²) < 4.78 is 61.4. The van der Waals surface area contributed by atoms with Crippen LogP contribution < -0.4 is 5.69 Å². The molecule has 0 radical (unpaired) electrons. The molecule has 16 heteroatoms. The van der Waals surface area contributed by atoms with E-state index in [-0.39, 0.29) is 28.9 Å². The summed E-state index contributed by atoms with van der Waals surface area (Å²) in [6.45, 7) is 1.04. The zero-order valence-corrected chi connectivity index (χ0v) is 21.1. The van der Waals surface area contributed by atoms with Crippen molar-refractivity contribution in [2.45, 2.75) is 45.3 Å². The van der Waals surface area contributed by atoms with E-state index >= 15 is 0 Å². The molecule has 0 aliphatic heterocycles. The molecule has 4 aromatic rings. The molecule has 11 nitrogen and oxygen atoms in total. The quantitative estimate of drug-likeness (QED) is 0.253. The third-order valence-electron chi connectivity index (χ3n) is 5.37. The third kappa shape index (κ3) is 6.15. The molecule has 3 heterocycles. The van der Waals surface area contributed by atoms with Crippen LogP contribution in [0.15, 0.2) is 47.4 Å². The molecule has 206 valence electrons. The number of alkyl halides is 3. The van der Waals surface area contributed by atoms with Crippen molar-refractivity contribution < 1.29 is 32.2 Å². The number of nitrogens with zero attached hydrogens (tertiary/aromatic N) is 7. The number of pyridine rings is 1. The standard InChI is InChI=1S/C23H20ClF4N7O4/c1-12(39-13(2)36)19-30-18(31-35(19)21-16(25)4-3-9-29-21)11-34-22(38)33(10-17(37)23(26,27)28)20(32-34)14-5-7-15(24)8-6-14/h3-9,12,17,37H,10-11H2,1-2H3/t12-,17-/m0/s1. The van der Waals surface area contributed by atoms with Gasteiger partial charge in [0.2, 0.25) is 0 Å². The van der Waals surface area contributed by atoms with Crippen LogP contribution in [-0.2, 0) is 22.6 Å². The maximum atomic E-state index is 14.5. The van der Waals surface area contributed by atoms with Crippen LogP contribution in [0.2, 0.25) is 5.02 Å². The highest BCUT2D eigenvalue weighted by atomic mass is 35.5. The summed E-state index contributed by atoms with van der Waals surface area (Å²) in [6.07, 6.45) is -7.55. The number of benzene rings is 1. The van der Waals surface area contributed by atoms with Crippen molar-refractivity contribution in [1.82, 2.24) is 34.1 Å². The zero-order chi connectivity index (χ0) is 28.5. The Morgan fingerprint density at radius 2 is 1.87 bits per heavy atom. The largest absolute Gasteiger partial charge is 0.455 e. The van der Waals surface area contributed by atoms with Gasteiger partial charge in [-0.15, -0.1) is 10.2 Å². The number of carbonyl (C=O) groups is 1. The van der Waals surface area contributed by atoms with Crippen LogP contribution in [0.25, 0.3) is 17.2 Å². The van der Waals surface area contributed by atoms with Crippen LogP contribution in [0, 0.1) is 5.82 Å². The van der Waals surface area contributed by atoms with Crippen molar-refractivity contribution in [3.05, 3.63) is 75.6 Å². The molecule has 0 fully saturated rings. The first-order chi connectivity index (χ1) is 18.3. The number of esters is 1. The van der Waals surface area contributed by atoms with Gasteiger partial charge in [0.25, 0.3) is 0 Å². The molecule has 0 unspecified atom stereocenters. The molecule has 0 saturated heterocycles. The van der Waals surface area contributed by atoms with Gasteiger partial charge in [0, 0.05) is 23.7 Å². The number of hydrogen-bond acceptors (Lipinski definition) is 8. The lowest BCUT2D eigenvalue weighted by Crippen LogP contribution is -2.37. The Bertz CT molecular complexity index is 1550. The molecule has 4 rings (SSSR count). The van der Waals surface area contributed by atoms with Crippen LogP contribution in [-0.4, -0.2) is 57.5 Å². The maximum absolute atomic E-state index is 14.5. The summed E-state index contributed by atoms with van der Waals surface area (Å²) in [4.78, 5) is 32.8. The third-order valence-corrected chi connectivity index (χ3v) is 5.62. The van der Waals surface area contributed by atoms with Crippen molar-refractivity contribution >= 4 is 17.6 Å². The van der Waals surface area contributed by atoms with Gasteiger partial charge in [-0.1, -0.05) is 11.6 Å². The van der Waals surface area contributed by atoms with E-state index in [2.05, 4.69) is 20.2 Å². The molecule has 0 amide bonds. The van der Waals surface area contributed by atoms with Crippen molar-refractivity contribution in [2.24, 2.45) is 0 Å². The Balaban J connectivity index is 1.79. The average molecular weight is 570 g/mol. The topological polar surface area (TPSA) is 130 Å². The summed E-state index contributed by atoms with van der Waals surface area (Å²) >= 11 is 5.90. The van der Waals surface area contributed by atoms with Gasteiger partial charge in [-0.05, 0) is 43.3 Å². The summed E-state index contributed by atoms with van der Waals surface area (Å²) in [5, 5.41) is 18.3. The van der Waals surface area contributed by atoms with E-state index in [1.165, 1.54) is 50.4 Å². The predicted molar refractivity (Wildman–Crippen MR) is 127 cm³/mol. The summed E-state index contributed by atoms with van der Waals surface area (Å²) in [5.41, 5.74) is -0.749. The molecule has 39 heavy (non-hydrogen) atoms. The first-order valence-corrected chi connectivity index (χ1v) is 11.6. The van der Waals surface area contributed by atoms with E-state index in [0.29, 0.717) is 9.59 Å². The van der Waals surface area contributed by atoms with Gasteiger partial charge in [-0.25, -0.2) is 23.8 Å². The fourth-order valence-electron chi connectivity index (χ4n) is 3.62. The van der Waals surface area contributed by atoms with Crippen LogP contribution >= 0.6 is 11.6 Å². The smallest absolute Gasteiger partial charge is 0.416 e. The van der Waals surface area contributed by atoms with E-state index in [0.717, 1.165) is 15.4 Å². The Morgan fingerprint density at radius 3 is 2.49 bits per heavy atom. The lowest BCUT2D eigenvalue weighted by atomic mass is 10.2. The molecular formula is C23H20ClF4N7O4. The SMILES string of the molecule is CC(=O)O[C@@H](C)c1nc(Cn2nc(-c3ccc(Cl)cc3)n(C[C@H](O)C(F)(F)F)c2=O)nn1-c1ncccc1F. The number of ether oxygens (including phenoxy) is 1. The maximum Gasteiger partial charge on any atom is 0.416 e. The summed E-state index contributed by atoms with van der Waals surface area (Å²) in [7, 11) is 0. The van der Waals surface area contributed by atoms with Crippen LogP contribution in [0.1, 0.15) is 31.6 Å². The molecule has 2 atom stereocenters. The van der Waals surface area contributed by atoms with Gasteiger partial charge in [-0.2, -0.15) is 17.9 Å². The second kappa shape index (κ2) is 10.9. The highest BCUT2D eigenvalue weighted by molar-refractivity contribution is 6.30. The fourth-order valence-corrected chi connectivity index (χ4v) is 3.75. The van der Waals surface area contributed by atoms with E-state index in [4.69, 9.17) is 16.3 Å². The van der Waals surface area contributed by atoms with Crippen LogP contribution in [0.4, 0.5) is 17.6 Å². The van der Waals surface area contributed by atoms with Crippen molar-refractivity contribution in [3.63, 3.8) is 0 Å². The number of aromatic nitrogens is 7. The minimum Gasteiger partial charge on any atom is -0.455 e. The monoisotopic (exact) mass is 569 g/mol. The Kier molecular flexibility index (Phi) is 7.83. The summed E-state index contributed by atoms with van der Waals surface area (Å²) in [5.74, 6) is -2.00. The Morgan fingerprint density at radius 1 is 1.18 bits per heavy atom. The van der Waals surface area contributed by atoms with Crippen molar-refractivity contribution in [3.8, 4) is 17.2 Å². The molecule has 1 aromatic carbocycles. The molecule has 1 N–H and O–H groups in total. The normalized spacial score (nSPS) is 13.3. The van der Waals surface area contributed by atoms with Crippen molar-refractivity contribution in [1.29, 1.82) is 0 Å². The molecule has 0 spiro atoms. The average Bonchev–Trinajstić information content (AvgIpc) is 3.41. The fraction of sp³-hybridized carbons (Fsp3) is 0.304. The lowest BCUT2D eigenvalue weighted by Gasteiger charge is -2.15. The molecule has 0 aliphatic carbocycles. The Hall–Kier alpha value is -4.11. The summed E-state index contributed by atoms with van der Waals surface area (Å²) in [6, 6.07) is 8.28. The minimum absolute atomic E-state index is 0.0318. The first-order valence-electron chi connectivity index (χ1n) is 11.3. The number of aliphatic hydroxyl groups is 1. The predicted octanol–water partition coefficient (Wildman–Crippen LogP) is 3.08. The van der Waals surface area contributed by atoms with E-state index in [9.17, 15) is 32.3 Å². The number of aliphatic hydroxyl groups excluding tert-OH is 1. The van der Waals surface area contributed by atoms with Gasteiger partial charge in [0.15, 0.2) is 41.3 Å². The molecule has 0 saturated carbocycles. The molecular weight excluding hydrogens is 550 g/mol. The highest BCUT2D eigenvalue weighted by Crippen LogP contribution is 2.25. The first kappa shape index (κ1) is 27.9. The van der Waals surface area contributed by atoms with Gasteiger partial charge in [-0.3, -0.25) is 9.36 Å². The van der Waals surface area contributed by atoms with Gasteiger partial charge >= 0.3 is 17.8 Å². The number of rotatable bonds is 8. The molecule has 0 bridgehead atoms. The highest BCUT2D eigenvalue weighted by Gasteiger charge is 2.39. The number of halogens is 5.